The minimum atomic E-state index is 0. The third-order valence-electron chi connectivity index (χ3n) is 2.03. The molecule has 0 aliphatic carbocycles. The van der Waals surface area contributed by atoms with Gasteiger partial charge in [0, 0.05) is 20.4 Å². The summed E-state index contributed by atoms with van der Waals surface area (Å²) in [5.41, 5.74) is 1.33. The predicted molar refractivity (Wildman–Crippen MR) is 53.9 cm³/mol. The van der Waals surface area contributed by atoms with E-state index in [9.17, 15) is 0 Å². The van der Waals surface area contributed by atoms with Crippen molar-refractivity contribution in [2.24, 2.45) is 7.05 Å². The molecule has 0 saturated carbocycles. The van der Waals surface area contributed by atoms with Crippen molar-refractivity contribution < 1.29 is 46.9 Å². The van der Waals surface area contributed by atoms with Gasteiger partial charge in [-0.2, -0.15) is 0 Å². The molecule has 6 nitrogen and oxygen atoms in total. The molecule has 0 atom stereocenters. The number of rotatable bonds is 2. The first-order chi connectivity index (χ1) is 6.34. The fourth-order valence-corrected chi connectivity index (χ4v) is 1.39. The Morgan fingerprint density at radius 1 is 1.00 bits per heavy atom. The van der Waals surface area contributed by atoms with E-state index in [0.717, 1.165) is 6.54 Å². The Labute approximate surface area is 120 Å². The molecule has 0 fully saturated rings. The largest absolute Gasteiger partial charge is 2.00 e. The van der Waals surface area contributed by atoms with Gasteiger partial charge in [0.2, 0.25) is 6.33 Å². The van der Waals surface area contributed by atoms with Gasteiger partial charge in [-0.05, 0) is 5.56 Å². The van der Waals surface area contributed by atoms with Gasteiger partial charge in [-0.25, -0.2) is 9.13 Å². The average Bonchev–Trinajstić information content (AvgIpc) is 2.53. The SMILES string of the molecule is C[n+]1ccn(Cc2ccccc2)c1.[O-2].[O-2].[O-2].[O-2].[Re]. The van der Waals surface area contributed by atoms with Crippen molar-refractivity contribution in [3.05, 3.63) is 54.6 Å². The van der Waals surface area contributed by atoms with Crippen molar-refractivity contribution in [1.82, 2.24) is 4.57 Å². The van der Waals surface area contributed by atoms with Crippen molar-refractivity contribution in [2.75, 3.05) is 0 Å². The molecular weight excluding hydrogens is 410 g/mol. The van der Waals surface area contributed by atoms with Gasteiger partial charge in [-0.1, -0.05) is 30.3 Å². The number of aryl methyl sites for hydroxylation is 1. The normalized spacial score (nSPS) is 7.39. The molecule has 2 rings (SSSR count). The molecule has 0 bridgehead atoms. The Hall–Kier alpha value is -1.07. The molecular formula is C11H13N2O4Re-7. The van der Waals surface area contributed by atoms with Gasteiger partial charge in [-0.15, -0.1) is 0 Å². The number of benzene rings is 1. The smallest absolute Gasteiger partial charge is 0.243 e. The maximum Gasteiger partial charge on any atom is 0.243 e. The second-order valence-corrected chi connectivity index (χ2v) is 3.24. The molecule has 7 heteroatoms. The Morgan fingerprint density at radius 3 is 2.00 bits per heavy atom. The molecule has 1 aromatic carbocycles. The number of aromatic nitrogens is 2. The summed E-state index contributed by atoms with van der Waals surface area (Å²) in [5, 5.41) is 0. The molecule has 1 heterocycles. The molecule has 1 radical (unpaired) electrons. The average molecular weight is 423 g/mol. The van der Waals surface area contributed by atoms with Crippen LogP contribution in [0.2, 0.25) is 0 Å². The van der Waals surface area contributed by atoms with Crippen LogP contribution >= 0.6 is 0 Å². The first kappa shape index (κ1) is 25.7. The van der Waals surface area contributed by atoms with E-state index < -0.39 is 0 Å². The number of hydrogen-bond donors (Lipinski definition) is 0. The van der Waals surface area contributed by atoms with E-state index in [0.29, 0.717) is 0 Å². The van der Waals surface area contributed by atoms with Crippen molar-refractivity contribution in [1.29, 1.82) is 0 Å². The van der Waals surface area contributed by atoms with Gasteiger partial charge in [0.25, 0.3) is 0 Å². The van der Waals surface area contributed by atoms with E-state index >= 15 is 0 Å². The van der Waals surface area contributed by atoms with Crippen molar-refractivity contribution in [2.45, 2.75) is 6.54 Å². The van der Waals surface area contributed by atoms with E-state index in [2.05, 4.69) is 41.4 Å². The second kappa shape index (κ2) is 12.4. The van der Waals surface area contributed by atoms with Crippen LogP contribution in [0.1, 0.15) is 5.56 Å². The van der Waals surface area contributed by atoms with Crippen molar-refractivity contribution in [3.63, 3.8) is 0 Å². The number of nitrogens with zero attached hydrogens (tertiary/aromatic N) is 2. The Kier molecular flexibility index (Phi) is 17.7. The summed E-state index contributed by atoms with van der Waals surface area (Å²) in [5.74, 6) is 0. The van der Waals surface area contributed by atoms with E-state index in [1.54, 1.807) is 0 Å². The van der Waals surface area contributed by atoms with E-state index in [1.165, 1.54) is 5.56 Å². The Bertz CT molecular complexity index is 395. The summed E-state index contributed by atoms with van der Waals surface area (Å²) >= 11 is 0. The standard InChI is InChI=1S/C11H13N2.4O.Re/c1-12-7-8-13(10-12)9-11-5-3-2-4-6-11;;;;;/h2-8,10H,9H2,1H3;;;;;/q+1;4*-2;. The fourth-order valence-electron chi connectivity index (χ4n) is 1.39. The monoisotopic (exact) mass is 424 g/mol. The fraction of sp³-hybridized carbons (Fsp3) is 0.182. The summed E-state index contributed by atoms with van der Waals surface area (Å²) in [6.45, 7) is 0.946. The molecule has 2 aromatic rings. The van der Waals surface area contributed by atoms with Crippen LogP contribution in [0.4, 0.5) is 0 Å². The Morgan fingerprint density at radius 2 is 1.56 bits per heavy atom. The summed E-state index contributed by atoms with van der Waals surface area (Å²) < 4.78 is 4.21. The van der Waals surface area contributed by atoms with Crippen LogP contribution in [0.15, 0.2) is 49.1 Å². The van der Waals surface area contributed by atoms with E-state index in [-0.39, 0.29) is 42.3 Å². The van der Waals surface area contributed by atoms with Crippen LogP contribution in [0.3, 0.4) is 0 Å². The zero-order valence-corrected chi connectivity index (χ0v) is 12.4. The van der Waals surface area contributed by atoms with E-state index in [1.807, 2.05) is 23.9 Å². The van der Waals surface area contributed by atoms with Gasteiger partial charge in [0.1, 0.15) is 18.9 Å². The quantitative estimate of drug-likeness (QED) is 0.637. The Balaban J connectivity index is -0.000000196. The minimum Gasteiger partial charge on any atom is -2.00 e. The molecule has 0 aliphatic rings. The van der Waals surface area contributed by atoms with Crippen LogP contribution in [0.25, 0.3) is 0 Å². The third-order valence-corrected chi connectivity index (χ3v) is 2.03. The molecule has 0 aliphatic heterocycles. The third kappa shape index (κ3) is 7.30. The molecule has 0 unspecified atom stereocenters. The minimum absolute atomic E-state index is 0. The van der Waals surface area contributed by atoms with Gasteiger partial charge < -0.3 is 21.9 Å². The molecule has 18 heavy (non-hydrogen) atoms. The molecule has 105 valence electrons. The predicted octanol–water partition coefficient (Wildman–Crippen LogP) is 0.883. The van der Waals surface area contributed by atoms with Crippen molar-refractivity contribution >= 4 is 0 Å². The molecule has 0 amide bonds. The first-order valence-electron chi connectivity index (χ1n) is 4.39. The topological polar surface area (TPSA) is 123 Å². The van der Waals surface area contributed by atoms with E-state index in [4.69, 9.17) is 0 Å². The summed E-state index contributed by atoms with van der Waals surface area (Å²) in [6.07, 6.45) is 6.20. The van der Waals surface area contributed by atoms with Crippen LogP contribution in [0, 0.1) is 0 Å². The summed E-state index contributed by atoms with van der Waals surface area (Å²) in [6, 6.07) is 10.5. The first-order valence-corrected chi connectivity index (χ1v) is 4.39. The van der Waals surface area contributed by atoms with Gasteiger partial charge >= 0.3 is 0 Å². The molecule has 0 spiro atoms. The summed E-state index contributed by atoms with van der Waals surface area (Å²) in [4.78, 5) is 0. The zero-order valence-electron chi connectivity index (χ0n) is 9.73. The summed E-state index contributed by atoms with van der Waals surface area (Å²) in [7, 11) is 2.03. The molecule has 0 saturated heterocycles. The second-order valence-electron chi connectivity index (χ2n) is 3.24. The van der Waals surface area contributed by atoms with Crippen LogP contribution in [0.5, 0.6) is 0 Å². The molecule has 0 N–H and O–H groups in total. The van der Waals surface area contributed by atoms with Crippen molar-refractivity contribution in [3.8, 4) is 0 Å². The number of imidazole rings is 1. The van der Waals surface area contributed by atoms with Crippen LogP contribution in [-0.4, -0.2) is 4.57 Å². The van der Waals surface area contributed by atoms with Crippen LogP contribution < -0.4 is 4.57 Å². The van der Waals surface area contributed by atoms with Gasteiger partial charge in [0.05, 0.1) is 7.05 Å². The number of hydrogen-bond acceptors (Lipinski definition) is 0. The van der Waals surface area contributed by atoms with Crippen LogP contribution in [-0.2, 0) is 55.9 Å². The van der Waals surface area contributed by atoms with Gasteiger partial charge in [0.15, 0.2) is 0 Å². The maximum atomic E-state index is 2.16. The van der Waals surface area contributed by atoms with Gasteiger partial charge in [-0.3, -0.25) is 0 Å². The maximum absolute atomic E-state index is 2.16. The zero-order chi connectivity index (χ0) is 9.10. The molecule has 1 aromatic heterocycles.